The highest BCUT2D eigenvalue weighted by atomic mass is 79.9. The summed E-state index contributed by atoms with van der Waals surface area (Å²) in [4.78, 5) is 24.2. The molecule has 0 unspecified atom stereocenters. The van der Waals surface area contributed by atoms with Crippen molar-refractivity contribution in [1.82, 2.24) is 5.32 Å². The highest BCUT2D eigenvalue weighted by Crippen LogP contribution is 2.26. The van der Waals surface area contributed by atoms with Crippen molar-refractivity contribution in [2.45, 2.75) is 20.3 Å². The topological polar surface area (TPSA) is 88.7 Å². The normalized spacial score (nSPS) is 10.3. The molecule has 0 bridgehead atoms. The molecule has 0 spiro atoms. The average molecular weight is 494 g/mol. The zero-order valence-electron chi connectivity index (χ0n) is 17.0. The van der Waals surface area contributed by atoms with Crippen LogP contribution in [0.4, 0.5) is 11.4 Å². The Morgan fingerprint density at radius 2 is 1.80 bits per heavy atom. The van der Waals surface area contributed by atoms with Crippen molar-refractivity contribution in [3.8, 4) is 5.75 Å². The Morgan fingerprint density at radius 3 is 2.43 bits per heavy atom. The molecule has 2 rings (SSSR count). The lowest BCUT2D eigenvalue weighted by atomic mass is 10.1. The summed E-state index contributed by atoms with van der Waals surface area (Å²) in [5.41, 5.74) is 2.62. The summed E-state index contributed by atoms with van der Waals surface area (Å²) in [6, 6.07) is 10.4. The monoisotopic (exact) mass is 493 g/mol. The molecular weight excluding hydrogens is 470 g/mol. The van der Waals surface area contributed by atoms with Gasteiger partial charge in [-0.1, -0.05) is 13.0 Å². The molecule has 2 aromatic carbocycles. The van der Waals surface area contributed by atoms with Gasteiger partial charge in [-0.15, -0.1) is 0 Å². The minimum Gasteiger partial charge on any atom is -0.490 e. The van der Waals surface area contributed by atoms with Crippen LogP contribution in [0.2, 0.25) is 0 Å². The maximum atomic E-state index is 12.5. The van der Waals surface area contributed by atoms with Gasteiger partial charge in [-0.25, -0.2) is 0 Å². The summed E-state index contributed by atoms with van der Waals surface area (Å²) in [7, 11) is 1.60. The Balaban J connectivity index is 2.01. The van der Waals surface area contributed by atoms with E-state index >= 15 is 0 Å². The van der Waals surface area contributed by atoms with Gasteiger partial charge in [0.2, 0.25) is 5.91 Å². The minimum atomic E-state index is -0.357. The Morgan fingerprint density at radius 1 is 1.10 bits per heavy atom. The van der Waals surface area contributed by atoms with E-state index in [0.29, 0.717) is 46.8 Å². The molecule has 0 radical (unpaired) electrons. The van der Waals surface area contributed by atoms with Crippen molar-refractivity contribution in [3.63, 3.8) is 0 Å². The molecule has 0 aliphatic heterocycles. The van der Waals surface area contributed by atoms with Crippen molar-refractivity contribution in [2.24, 2.45) is 0 Å². The van der Waals surface area contributed by atoms with Gasteiger partial charge in [-0.05, 0) is 71.0 Å². The number of hydrogen-bond donors (Lipinski definition) is 3. The number of benzene rings is 2. The van der Waals surface area contributed by atoms with Crippen LogP contribution in [0.25, 0.3) is 0 Å². The number of ether oxygens (including phenoxy) is 2. The summed E-state index contributed by atoms with van der Waals surface area (Å²) >= 11 is 8.68. The molecule has 2 amide bonds. The fraction of sp³-hybridized carbons (Fsp3) is 0.286. The van der Waals surface area contributed by atoms with E-state index in [1.807, 2.05) is 19.1 Å². The number of carbonyl (C=O) groups is 2. The number of thiocarbonyl (C=S) groups is 1. The molecule has 0 aliphatic carbocycles. The Labute approximate surface area is 189 Å². The first-order valence-electron chi connectivity index (χ1n) is 9.28. The SMILES string of the molecule is CCC(=O)Nc1cccc(NC(=S)NC(=O)c2ccc(OCCOC)c(Br)c2)c1C. The number of methoxy groups -OCH3 is 1. The predicted molar refractivity (Wildman–Crippen MR) is 125 cm³/mol. The number of rotatable bonds is 8. The third-order valence-corrected chi connectivity index (χ3v) is 4.97. The molecule has 0 aromatic heterocycles. The highest BCUT2D eigenvalue weighted by Gasteiger charge is 2.13. The lowest BCUT2D eigenvalue weighted by molar-refractivity contribution is -0.115. The van der Waals surface area contributed by atoms with Crippen molar-refractivity contribution in [1.29, 1.82) is 0 Å². The van der Waals surface area contributed by atoms with Gasteiger partial charge >= 0.3 is 0 Å². The molecule has 0 saturated heterocycles. The molecule has 9 heteroatoms. The fourth-order valence-electron chi connectivity index (χ4n) is 2.47. The van der Waals surface area contributed by atoms with Crippen LogP contribution in [0.1, 0.15) is 29.3 Å². The van der Waals surface area contributed by atoms with Crippen LogP contribution in [0.3, 0.4) is 0 Å². The second-order valence-corrected chi connectivity index (χ2v) is 7.54. The van der Waals surface area contributed by atoms with Crippen LogP contribution in [0.15, 0.2) is 40.9 Å². The Bertz CT molecular complexity index is 936. The molecule has 0 atom stereocenters. The first-order valence-corrected chi connectivity index (χ1v) is 10.5. The highest BCUT2D eigenvalue weighted by molar-refractivity contribution is 9.10. The zero-order valence-corrected chi connectivity index (χ0v) is 19.4. The first-order chi connectivity index (χ1) is 14.3. The molecule has 30 heavy (non-hydrogen) atoms. The van der Waals surface area contributed by atoms with Crippen molar-refractivity contribution < 1.29 is 19.1 Å². The molecule has 0 saturated carbocycles. The van der Waals surface area contributed by atoms with Gasteiger partial charge in [0.15, 0.2) is 5.11 Å². The maximum Gasteiger partial charge on any atom is 0.257 e. The van der Waals surface area contributed by atoms with Crippen LogP contribution in [-0.2, 0) is 9.53 Å². The fourth-order valence-corrected chi connectivity index (χ4v) is 3.16. The second kappa shape index (κ2) is 11.6. The number of carbonyl (C=O) groups excluding carboxylic acids is 2. The van der Waals surface area contributed by atoms with Crippen LogP contribution >= 0.6 is 28.1 Å². The average Bonchev–Trinajstić information content (AvgIpc) is 2.72. The van der Waals surface area contributed by atoms with E-state index in [-0.39, 0.29) is 16.9 Å². The number of nitrogens with one attached hydrogen (secondary N) is 3. The molecule has 0 fully saturated rings. The van der Waals surface area contributed by atoms with Crippen LogP contribution < -0.4 is 20.7 Å². The molecule has 7 nitrogen and oxygen atoms in total. The van der Waals surface area contributed by atoms with E-state index in [4.69, 9.17) is 21.7 Å². The number of hydrogen-bond acceptors (Lipinski definition) is 5. The number of amides is 2. The van der Waals surface area contributed by atoms with E-state index in [2.05, 4.69) is 31.9 Å². The van der Waals surface area contributed by atoms with E-state index in [1.165, 1.54) is 0 Å². The van der Waals surface area contributed by atoms with E-state index in [1.54, 1.807) is 38.3 Å². The van der Waals surface area contributed by atoms with Crippen LogP contribution in [0, 0.1) is 6.92 Å². The lowest BCUT2D eigenvalue weighted by Crippen LogP contribution is -2.34. The zero-order chi connectivity index (χ0) is 22.1. The predicted octanol–water partition coefficient (Wildman–Crippen LogP) is 4.26. The Kier molecular flexibility index (Phi) is 9.22. The van der Waals surface area contributed by atoms with Gasteiger partial charge in [0.25, 0.3) is 5.91 Å². The number of anilines is 2. The van der Waals surface area contributed by atoms with E-state index in [9.17, 15) is 9.59 Å². The third kappa shape index (κ3) is 6.79. The smallest absolute Gasteiger partial charge is 0.257 e. The van der Waals surface area contributed by atoms with E-state index < -0.39 is 0 Å². The van der Waals surface area contributed by atoms with E-state index in [0.717, 1.165) is 5.56 Å². The summed E-state index contributed by atoms with van der Waals surface area (Å²) < 4.78 is 11.2. The quantitative estimate of drug-likeness (QED) is 0.376. The third-order valence-electron chi connectivity index (χ3n) is 4.14. The second-order valence-electron chi connectivity index (χ2n) is 6.27. The largest absolute Gasteiger partial charge is 0.490 e. The standard InChI is InChI=1S/C21H24BrN3O4S/c1-4-19(26)23-16-6-5-7-17(13(16)2)24-21(30)25-20(27)14-8-9-18(15(22)12-14)29-11-10-28-3/h5-9,12H,4,10-11H2,1-3H3,(H,23,26)(H2,24,25,27,30). The summed E-state index contributed by atoms with van der Waals surface area (Å²) in [5, 5.41) is 8.64. The Hall–Kier alpha value is -2.49. The minimum absolute atomic E-state index is 0.0775. The number of halogens is 1. The molecule has 0 heterocycles. The molecular formula is C21H24BrN3O4S. The molecule has 160 valence electrons. The summed E-state index contributed by atoms with van der Waals surface area (Å²) in [6.45, 7) is 4.52. The molecule has 0 aliphatic rings. The first kappa shape index (κ1) is 23.8. The molecule has 2 aromatic rings. The van der Waals surface area contributed by atoms with Gasteiger partial charge in [-0.3, -0.25) is 14.9 Å². The van der Waals surface area contributed by atoms with Crippen molar-refractivity contribution >= 4 is 56.4 Å². The van der Waals surface area contributed by atoms with Gasteiger partial charge in [0.05, 0.1) is 11.1 Å². The molecule has 3 N–H and O–H groups in total. The lowest BCUT2D eigenvalue weighted by Gasteiger charge is -2.15. The van der Waals surface area contributed by atoms with Crippen LogP contribution in [-0.4, -0.2) is 37.3 Å². The van der Waals surface area contributed by atoms with Gasteiger partial charge in [0.1, 0.15) is 12.4 Å². The van der Waals surface area contributed by atoms with Gasteiger partial charge in [0, 0.05) is 30.5 Å². The van der Waals surface area contributed by atoms with Gasteiger partial charge < -0.3 is 20.1 Å². The van der Waals surface area contributed by atoms with Crippen LogP contribution in [0.5, 0.6) is 5.75 Å². The summed E-state index contributed by atoms with van der Waals surface area (Å²) in [6.07, 6.45) is 0.386. The maximum absolute atomic E-state index is 12.5. The summed E-state index contributed by atoms with van der Waals surface area (Å²) in [5.74, 6) is 0.182. The van der Waals surface area contributed by atoms with Crippen molar-refractivity contribution in [3.05, 3.63) is 52.0 Å². The van der Waals surface area contributed by atoms with Gasteiger partial charge in [-0.2, -0.15) is 0 Å². The van der Waals surface area contributed by atoms with Crippen molar-refractivity contribution in [2.75, 3.05) is 31.0 Å².